The average molecular weight is 234 g/mol. The second-order valence-corrected chi connectivity index (χ2v) is 4.89. The first-order valence-electron chi connectivity index (χ1n) is 5.86. The van der Waals surface area contributed by atoms with Crippen LogP contribution in [0.1, 0.15) is 34.7 Å². The van der Waals surface area contributed by atoms with E-state index < -0.39 is 0 Å². The molecule has 0 saturated heterocycles. The first-order chi connectivity index (χ1) is 7.82. The van der Waals surface area contributed by atoms with Crippen molar-refractivity contribution in [3.63, 3.8) is 0 Å². The number of amides is 1. The molecule has 0 bridgehead atoms. The van der Waals surface area contributed by atoms with Crippen molar-refractivity contribution in [2.45, 2.75) is 33.2 Å². The predicted molar refractivity (Wildman–Crippen MR) is 70.9 cm³/mol. The van der Waals surface area contributed by atoms with Crippen LogP contribution in [0.15, 0.2) is 12.1 Å². The number of carbonyl (C=O) groups excluding carboxylic acids is 1. The third-order valence-electron chi connectivity index (χ3n) is 3.18. The van der Waals surface area contributed by atoms with E-state index in [0.717, 1.165) is 11.1 Å². The first kappa shape index (κ1) is 13.7. The van der Waals surface area contributed by atoms with Crippen LogP contribution in [0.2, 0.25) is 0 Å². The zero-order valence-corrected chi connectivity index (χ0v) is 11.4. The minimum absolute atomic E-state index is 0.0649. The summed E-state index contributed by atoms with van der Waals surface area (Å²) in [4.78, 5) is 13.2. The predicted octanol–water partition coefficient (Wildman–Crippen LogP) is 2.09. The number of aryl methyl sites for hydroxylation is 3. The van der Waals surface area contributed by atoms with E-state index in [2.05, 4.69) is 26.0 Å². The van der Waals surface area contributed by atoms with Crippen molar-refractivity contribution in [2.75, 3.05) is 14.1 Å². The highest BCUT2D eigenvalue weighted by Crippen LogP contribution is 2.22. The lowest BCUT2D eigenvalue weighted by molar-refractivity contribution is -0.129. The molecule has 2 N–H and O–H groups in total. The van der Waals surface area contributed by atoms with Gasteiger partial charge in [0.25, 0.3) is 0 Å². The summed E-state index contributed by atoms with van der Waals surface area (Å²) in [6.07, 6.45) is 0.357. The number of benzene rings is 1. The van der Waals surface area contributed by atoms with Crippen LogP contribution in [0.3, 0.4) is 0 Å². The third-order valence-corrected chi connectivity index (χ3v) is 3.18. The fourth-order valence-electron chi connectivity index (χ4n) is 1.86. The molecule has 0 aromatic heterocycles. The number of rotatable bonds is 3. The van der Waals surface area contributed by atoms with Gasteiger partial charge in [0.1, 0.15) is 0 Å². The van der Waals surface area contributed by atoms with E-state index in [1.807, 2.05) is 6.92 Å². The smallest absolute Gasteiger partial charge is 0.223 e. The van der Waals surface area contributed by atoms with Crippen LogP contribution in [0.25, 0.3) is 0 Å². The lowest BCUT2D eigenvalue weighted by Crippen LogP contribution is -2.26. The summed E-state index contributed by atoms with van der Waals surface area (Å²) in [5, 5.41) is 0. The topological polar surface area (TPSA) is 46.3 Å². The molecule has 0 saturated carbocycles. The molecule has 17 heavy (non-hydrogen) atoms. The van der Waals surface area contributed by atoms with Crippen LogP contribution in [-0.2, 0) is 4.79 Å². The van der Waals surface area contributed by atoms with Gasteiger partial charge in [-0.05, 0) is 43.0 Å². The molecular formula is C14H22N2O. The largest absolute Gasteiger partial charge is 0.349 e. The summed E-state index contributed by atoms with van der Waals surface area (Å²) in [5.41, 5.74) is 10.8. The monoisotopic (exact) mass is 234 g/mol. The van der Waals surface area contributed by atoms with E-state index >= 15 is 0 Å². The highest BCUT2D eigenvalue weighted by Gasteiger charge is 2.15. The molecule has 1 aromatic rings. The van der Waals surface area contributed by atoms with Crippen molar-refractivity contribution in [1.82, 2.24) is 4.90 Å². The molecule has 0 heterocycles. The van der Waals surface area contributed by atoms with E-state index in [1.165, 1.54) is 11.1 Å². The van der Waals surface area contributed by atoms with Crippen molar-refractivity contribution >= 4 is 5.91 Å². The molecule has 1 amide bonds. The van der Waals surface area contributed by atoms with Gasteiger partial charge in [0.05, 0.1) is 0 Å². The van der Waals surface area contributed by atoms with E-state index in [1.54, 1.807) is 19.0 Å². The van der Waals surface area contributed by atoms with Gasteiger partial charge in [0.15, 0.2) is 0 Å². The molecule has 0 radical (unpaired) electrons. The molecule has 0 aliphatic carbocycles. The Morgan fingerprint density at radius 1 is 1.18 bits per heavy atom. The Labute approximate surface area is 104 Å². The van der Waals surface area contributed by atoms with Crippen LogP contribution >= 0.6 is 0 Å². The van der Waals surface area contributed by atoms with Gasteiger partial charge in [0.2, 0.25) is 5.91 Å². The van der Waals surface area contributed by atoms with Crippen LogP contribution in [0, 0.1) is 20.8 Å². The van der Waals surface area contributed by atoms with E-state index in [0.29, 0.717) is 6.42 Å². The number of carbonyl (C=O) groups is 1. The standard InChI is InChI=1S/C14H22N2O/c1-9-6-11(3)12(7-10(9)2)13(15)8-14(17)16(4)5/h6-7,13H,8,15H2,1-5H3. The SMILES string of the molecule is Cc1cc(C)c(C(N)CC(=O)N(C)C)cc1C. The van der Waals surface area contributed by atoms with E-state index in [9.17, 15) is 4.79 Å². The maximum absolute atomic E-state index is 11.6. The minimum Gasteiger partial charge on any atom is -0.349 e. The maximum atomic E-state index is 11.6. The molecule has 0 aliphatic heterocycles. The Balaban J connectivity index is 2.93. The average Bonchev–Trinajstić information content (AvgIpc) is 2.22. The van der Waals surface area contributed by atoms with Gasteiger partial charge in [-0.25, -0.2) is 0 Å². The molecule has 0 fully saturated rings. The van der Waals surface area contributed by atoms with Gasteiger partial charge < -0.3 is 10.6 Å². The van der Waals surface area contributed by atoms with Crippen LogP contribution < -0.4 is 5.73 Å². The summed E-state index contributed by atoms with van der Waals surface area (Å²) >= 11 is 0. The first-order valence-corrected chi connectivity index (χ1v) is 5.86. The van der Waals surface area contributed by atoms with Crippen molar-refractivity contribution in [2.24, 2.45) is 5.73 Å². The Hall–Kier alpha value is -1.35. The van der Waals surface area contributed by atoms with Crippen molar-refractivity contribution in [3.8, 4) is 0 Å². The van der Waals surface area contributed by atoms with Crippen LogP contribution in [-0.4, -0.2) is 24.9 Å². The molecule has 0 spiro atoms. The lowest BCUT2D eigenvalue weighted by Gasteiger charge is -2.18. The minimum atomic E-state index is -0.218. The summed E-state index contributed by atoms with van der Waals surface area (Å²) in [7, 11) is 3.50. The molecule has 3 heteroatoms. The maximum Gasteiger partial charge on any atom is 0.223 e. The van der Waals surface area contributed by atoms with Crippen molar-refractivity contribution in [1.29, 1.82) is 0 Å². The van der Waals surface area contributed by atoms with E-state index in [4.69, 9.17) is 5.73 Å². The number of hydrogen-bond donors (Lipinski definition) is 1. The Morgan fingerprint density at radius 2 is 1.71 bits per heavy atom. The second-order valence-electron chi connectivity index (χ2n) is 4.89. The zero-order chi connectivity index (χ0) is 13.2. The molecule has 1 rings (SSSR count). The van der Waals surface area contributed by atoms with Gasteiger partial charge in [-0.3, -0.25) is 4.79 Å². The van der Waals surface area contributed by atoms with E-state index in [-0.39, 0.29) is 11.9 Å². The second kappa shape index (κ2) is 5.32. The number of nitrogens with two attached hydrogens (primary N) is 1. The summed E-state index contributed by atoms with van der Waals surface area (Å²) in [6, 6.07) is 4.01. The van der Waals surface area contributed by atoms with Gasteiger partial charge in [-0.15, -0.1) is 0 Å². The van der Waals surface area contributed by atoms with Crippen molar-refractivity contribution in [3.05, 3.63) is 34.4 Å². The third kappa shape index (κ3) is 3.30. The van der Waals surface area contributed by atoms with Gasteiger partial charge >= 0.3 is 0 Å². The molecular weight excluding hydrogens is 212 g/mol. The highest BCUT2D eigenvalue weighted by molar-refractivity contribution is 5.76. The lowest BCUT2D eigenvalue weighted by atomic mass is 9.94. The molecule has 0 aliphatic rings. The summed E-state index contributed by atoms with van der Waals surface area (Å²) < 4.78 is 0. The summed E-state index contributed by atoms with van der Waals surface area (Å²) in [6.45, 7) is 6.20. The number of nitrogens with zero attached hydrogens (tertiary/aromatic N) is 1. The molecule has 3 nitrogen and oxygen atoms in total. The molecule has 1 aromatic carbocycles. The molecule has 1 atom stereocenters. The van der Waals surface area contributed by atoms with Crippen LogP contribution in [0.4, 0.5) is 0 Å². The Morgan fingerprint density at radius 3 is 2.24 bits per heavy atom. The Kier molecular flexibility index (Phi) is 4.29. The normalized spacial score (nSPS) is 12.4. The zero-order valence-electron chi connectivity index (χ0n) is 11.4. The quantitative estimate of drug-likeness (QED) is 0.870. The molecule has 94 valence electrons. The van der Waals surface area contributed by atoms with Crippen LogP contribution in [0.5, 0.6) is 0 Å². The number of hydrogen-bond acceptors (Lipinski definition) is 2. The van der Waals surface area contributed by atoms with Crippen molar-refractivity contribution < 1.29 is 4.79 Å². The van der Waals surface area contributed by atoms with Gasteiger partial charge in [0, 0.05) is 26.6 Å². The fraction of sp³-hybridized carbons (Fsp3) is 0.500. The highest BCUT2D eigenvalue weighted by atomic mass is 16.2. The Bertz CT molecular complexity index is 424. The summed E-state index contributed by atoms with van der Waals surface area (Å²) in [5.74, 6) is 0.0649. The van der Waals surface area contributed by atoms with Gasteiger partial charge in [-0.2, -0.15) is 0 Å². The molecule has 1 unspecified atom stereocenters. The fourth-order valence-corrected chi connectivity index (χ4v) is 1.86. The van der Waals surface area contributed by atoms with Gasteiger partial charge in [-0.1, -0.05) is 12.1 Å².